The Morgan fingerprint density at radius 3 is 2.55 bits per heavy atom. The highest BCUT2D eigenvalue weighted by Gasteiger charge is 2.31. The van der Waals surface area contributed by atoms with E-state index >= 15 is 0 Å². The fraction of sp³-hybridized carbons (Fsp3) is 0.833. The van der Waals surface area contributed by atoms with Gasteiger partial charge in [0, 0.05) is 19.5 Å². The van der Waals surface area contributed by atoms with E-state index in [0.29, 0.717) is 19.3 Å². The van der Waals surface area contributed by atoms with Crippen molar-refractivity contribution in [3.63, 3.8) is 0 Å². The highest BCUT2D eigenvalue weighted by molar-refractivity contribution is 7.92. The van der Waals surface area contributed by atoms with Crippen LogP contribution in [0.2, 0.25) is 0 Å². The first-order valence-electron chi connectivity index (χ1n) is 6.80. The molecule has 2 amide bonds. The second-order valence-corrected chi connectivity index (χ2v) is 7.49. The van der Waals surface area contributed by atoms with Crippen molar-refractivity contribution >= 4 is 21.8 Å². The standard InChI is InChI=1S/C12H22N2O5S/c1-2-9(6-11(15)16)7-13-12(17)14-8-10-4-3-5-20(10,18)19/h9-10H,2-8H2,1H3,(H,15,16)(H2,13,14,17). The zero-order valence-electron chi connectivity index (χ0n) is 11.6. The number of sulfone groups is 1. The molecule has 0 spiro atoms. The molecule has 2 unspecified atom stereocenters. The number of carboxylic acids is 1. The van der Waals surface area contributed by atoms with Crippen LogP contribution in [0.5, 0.6) is 0 Å². The molecule has 1 aliphatic heterocycles. The summed E-state index contributed by atoms with van der Waals surface area (Å²) in [6, 6.07) is -0.448. The molecule has 2 atom stereocenters. The second kappa shape index (κ2) is 7.47. The van der Waals surface area contributed by atoms with Crippen LogP contribution in [0.4, 0.5) is 4.79 Å². The second-order valence-electron chi connectivity index (χ2n) is 5.09. The molecule has 20 heavy (non-hydrogen) atoms. The molecule has 0 bridgehead atoms. The maximum absolute atomic E-state index is 11.6. The topological polar surface area (TPSA) is 113 Å². The molecule has 1 heterocycles. The van der Waals surface area contributed by atoms with E-state index in [-0.39, 0.29) is 31.2 Å². The van der Waals surface area contributed by atoms with Crippen molar-refractivity contribution in [2.24, 2.45) is 5.92 Å². The number of aliphatic carboxylic acids is 1. The predicted molar refractivity (Wildman–Crippen MR) is 74.2 cm³/mol. The average molecular weight is 306 g/mol. The summed E-state index contributed by atoms with van der Waals surface area (Å²) in [5, 5.41) is 13.3. The van der Waals surface area contributed by atoms with Crippen LogP contribution in [-0.2, 0) is 14.6 Å². The molecule has 1 saturated heterocycles. The van der Waals surface area contributed by atoms with E-state index in [1.165, 1.54) is 0 Å². The third-order valence-corrected chi connectivity index (χ3v) is 5.82. The van der Waals surface area contributed by atoms with Crippen molar-refractivity contribution in [2.75, 3.05) is 18.8 Å². The molecular weight excluding hydrogens is 284 g/mol. The summed E-state index contributed by atoms with van der Waals surface area (Å²) in [5.74, 6) is -0.818. The molecule has 0 aromatic carbocycles. The third-order valence-electron chi connectivity index (χ3n) is 3.55. The Balaban J connectivity index is 2.28. The van der Waals surface area contributed by atoms with Gasteiger partial charge >= 0.3 is 12.0 Å². The van der Waals surface area contributed by atoms with Crippen LogP contribution >= 0.6 is 0 Å². The normalized spacial score (nSPS) is 22.1. The van der Waals surface area contributed by atoms with E-state index in [9.17, 15) is 18.0 Å². The lowest BCUT2D eigenvalue weighted by Crippen LogP contribution is -2.42. The number of hydrogen-bond donors (Lipinski definition) is 3. The third kappa shape index (κ3) is 5.36. The Morgan fingerprint density at radius 2 is 2.05 bits per heavy atom. The summed E-state index contributed by atoms with van der Waals surface area (Å²) in [6.45, 7) is 2.24. The molecule has 0 saturated carbocycles. The van der Waals surface area contributed by atoms with E-state index in [4.69, 9.17) is 5.11 Å². The lowest BCUT2D eigenvalue weighted by atomic mass is 10.0. The largest absolute Gasteiger partial charge is 0.481 e. The summed E-state index contributed by atoms with van der Waals surface area (Å²) in [6.07, 6.45) is 1.89. The van der Waals surface area contributed by atoms with Gasteiger partial charge in [0.25, 0.3) is 0 Å². The first kappa shape index (κ1) is 16.7. The zero-order valence-corrected chi connectivity index (χ0v) is 12.4. The minimum atomic E-state index is -3.05. The number of carbonyl (C=O) groups is 2. The Morgan fingerprint density at radius 1 is 1.35 bits per heavy atom. The van der Waals surface area contributed by atoms with E-state index in [0.717, 1.165) is 0 Å². The molecule has 1 rings (SSSR count). The van der Waals surface area contributed by atoms with Gasteiger partial charge in [0.05, 0.1) is 11.0 Å². The maximum atomic E-state index is 11.6. The fourth-order valence-corrected chi connectivity index (χ4v) is 3.97. The van der Waals surface area contributed by atoms with Crippen LogP contribution in [0.15, 0.2) is 0 Å². The molecule has 7 nitrogen and oxygen atoms in total. The van der Waals surface area contributed by atoms with Crippen LogP contribution < -0.4 is 10.6 Å². The summed E-state index contributed by atoms with van der Waals surface area (Å²) in [5.41, 5.74) is 0. The van der Waals surface area contributed by atoms with Crippen molar-refractivity contribution in [1.29, 1.82) is 0 Å². The number of carbonyl (C=O) groups excluding carboxylic acids is 1. The van der Waals surface area contributed by atoms with E-state index < -0.39 is 27.1 Å². The van der Waals surface area contributed by atoms with Gasteiger partial charge in [-0.1, -0.05) is 13.3 Å². The van der Waals surface area contributed by atoms with Crippen LogP contribution in [0.1, 0.15) is 32.6 Å². The van der Waals surface area contributed by atoms with Crippen molar-refractivity contribution < 1.29 is 23.1 Å². The van der Waals surface area contributed by atoms with Gasteiger partial charge in [0.1, 0.15) is 0 Å². The molecule has 8 heteroatoms. The Kier molecular flexibility index (Phi) is 6.25. The predicted octanol–water partition coefficient (Wildman–Crippen LogP) is 0.364. The van der Waals surface area contributed by atoms with Gasteiger partial charge in [-0.3, -0.25) is 4.79 Å². The number of urea groups is 1. The highest BCUT2D eigenvalue weighted by atomic mass is 32.2. The Bertz CT molecular complexity index is 449. The van der Waals surface area contributed by atoms with Gasteiger partial charge in [-0.15, -0.1) is 0 Å². The van der Waals surface area contributed by atoms with Crippen LogP contribution in [0.3, 0.4) is 0 Å². The van der Waals surface area contributed by atoms with Crippen LogP contribution in [0, 0.1) is 5.92 Å². The molecular formula is C12H22N2O5S. The van der Waals surface area contributed by atoms with Gasteiger partial charge in [-0.25, -0.2) is 13.2 Å². The van der Waals surface area contributed by atoms with Gasteiger partial charge in [0.2, 0.25) is 0 Å². The van der Waals surface area contributed by atoms with Gasteiger partial charge in [-0.05, 0) is 18.8 Å². The smallest absolute Gasteiger partial charge is 0.314 e. The first-order chi connectivity index (χ1) is 9.35. The summed E-state index contributed by atoms with van der Waals surface area (Å²) in [7, 11) is -3.05. The van der Waals surface area contributed by atoms with Gasteiger partial charge in [0.15, 0.2) is 9.84 Å². The van der Waals surface area contributed by atoms with Crippen molar-refractivity contribution in [3.05, 3.63) is 0 Å². The number of hydrogen-bond acceptors (Lipinski definition) is 4. The number of amides is 2. The number of carboxylic acid groups (broad SMARTS) is 1. The van der Waals surface area contributed by atoms with E-state index in [1.54, 1.807) is 0 Å². The quantitative estimate of drug-likeness (QED) is 0.629. The summed E-state index contributed by atoms with van der Waals surface area (Å²) >= 11 is 0. The molecule has 1 fully saturated rings. The van der Waals surface area contributed by atoms with E-state index in [2.05, 4.69) is 10.6 Å². The van der Waals surface area contributed by atoms with Crippen molar-refractivity contribution in [2.45, 2.75) is 37.9 Å². The first-order valence-corrected chi connectivity index (χ1v) is 8.51. The minimum Gasteiger partial charge on any atom is -0.481 e. The highest BCUT2D eigenvalue weighted by Crippen LogP contribution is 2.18. The SMILES string of the molecule is CCC(CNC(=O)NCC1CCCS1(=O)=O)CC(=O)O. The monoisotopic (exact) mass is 306 g/mol. The lowest BCUT2D eigenvalue weighted by molar-refractivity contribution is -0.138. The van der Waals surface area contributed by atoms with Crippen molar-refractivity contribution in [1.82, 2.24) is 10.6 Å². The zero-order chi connectivity index (χ0) is 15.2. The average Bonchev–Trinajstić information content (AvgIpc) is 2.70. The minimum absolute atomic E-state index is 0.00772. The van der Waals surface area contributed by atoms with E-state index in [1.807, 2.05) is 6.92 Å². The van der Waals surface area contributed by atoms with Gasteiger partial charge < -0.3 is 15.7 Å². The molecule has 1 aliphatic rings. The molecule has 0 aromatic heterocycles. The van der Waals surface area contributed by atoms with Crippen LogP contribution in [0.25, 0.3) is 0 Å². The lowest BCUT2D eigenvalue weighted by Gasteiger charge is -2.15. The Hall–Kier alpha value is -1.31. The van der Waals surface area contributed by atoms with Crippen molar-refractivity contribution in [3.8, 4) is 0 Å². The fourth-order valence-electron chi connectivity index (χ4n) is 2.20. The summed E-state index contributed by atoms with van der Waals surface area (Å²) < 4.78 is 23.1. The molecule has 3 N–H and O–H groups in total. The number of nitrogens with one attached hydrogen (secondary N) is 2. The molecule has 0 radical (unpaired) electrons. The molecule has 0 aromatic rings. The van der Waals surface area contributed by atoms with Crippen LogP contribution in [-0.4, -0.2) is 49.6 Å². The molecule has 0 aliphatic carbocycles. The summed E-state index contributed by atoms with van der Waals surface area (Å²) in [4.78, 5) is 22.1. The Labute approximate surface area is 119 Å². The van der Waals surface area contributed by atoms with Gasteiger partial charge in [-0.2, -0.15) is 0 Å². The number of rotatable bonds is 7. The maximum Gasteiger partial charge on any atom is 0.314 e. The molecule has 116 valence electrons.